The highest BCUT2D eigenvalue weighted by Crippen LogP contribution is 2.52. The average molecular weight is 197 g/mol. The molecule has 1 aromatic carbocycles. The SMILES string of the molecule is Cc1cccc2c1[C@@H]1CC[C@@H]1C(C#N)C2. The zero-order chi connectivity index (χ0) is 10.4. The number of fused-ring (bicyclic) bond motifs is 3. The Morgan fingerprint density at radius 3 is 2.87 bits per heavy atom. The minimum absolute atomic E-state index is 0.276. The number of aryl methyl sites for hydroxylation is 1. The van der Waals surface area contributed by atoms with E-state index in [1.54, 1.807) is 5.56 Å². The largest absolute Gasteiger partial charge is 0.198 e. The molecule has 3 atom stereocenters. The molecule has 2 aliphatic rings. The van der Waals surface area contributed by atoms with Crippen LogP contribution in [-0.2, 0) is 6.42 Å². The lowest BCUT2D eigenvalue weighted by molar-refractivity contribution is 0.179. The lowest BCUT2D eigenvalue weighted by atomic mass is 9.58. The molecular formula is C14H15N. The van der Waals surface area contributed by atoms with Gasteiger partial charge >= 0.3 is 0 Å². The van der Waals surface area contributed by atoms with E-state index in [9.17, 15) is 0 Å². The van der Waals surface area contributed by atoms with Gasteiger partial charge in [0.1, 0.15) is 0 Å². The first-order valence-electron chi connectivity index (χ1n) is 5.79. The van der Waals surface area contributed by atoms with Gasteiger partial charge in [0.2, 0.25) is 0 Å². The number of benzene rings is 1. The van der Waals surface area contributed by atoms with Gasteiger partial charge in [-0.05, 0) is 54.7 Å². The molecule has 0 saturated heterocycles. The van der Waals surface area contributed by atoms with Gasteiger partial charge in [-0.25, -0.2) is 0 Å². The van der Waals surface area contributed by atoms with E-state index >= 15 is 0 Å². The summed E-state index contributed by atoms with van der Waals surface area (Å²) in [7, 11) is 0. The van der Waals surface area contributed by atoms with Crippen LogP contribution in [0.25, 0.3) is 0 Å². The van der Waals surface area contributed by atoms with Gasteiger partial charge in [0.05, 0.1) is 12.0 Å². The summed E-state index contributed by atoms with van der Waals surface area (Å²) in [6.45, 7) is 2.21. The molecule has 1 saturated carbocycles. The molecule has 1 nitrogen and oxygen atoms in total. The molecule has 0 amide bonds. The Bertz CT molecular complexity index is 441. The first kappa shape index (κ1) is 8.97. The van der Waals surface area contributed by atoms with Crippen molar-refractivity contribution in [2.24, 2.45) is 11.8 Å². The van der Waals surface area contributed by atoms with E-state index in [4.69, 9.17) is 5.26 Å². The number of nitriles is 1. The third kappa shape index (κ3) is 1.14. The van der Waals surface area contributed by atoms with Gasteiger partial charge < -0.3 is 0 Å². The minimum atomic E-state index is 0.276. The Morgan fingerprint density at radius 2 is 2.20 bits per heavy atom. The highest BCUT2D eigenvalue weighted by atomic mass is 14.5. The van der Waals surface area contributed by atoms with Gasteiger partial charge in [0.25, 0.3) is 0 Å². The number of hydrogen-bond acceptors (Lipinski definition) is 1. The van der Waals surface area contributed by atoms with Gasteiger partial charge in [-0.1, -0.05) is 18.2 Å². The first-order valence-corrected chi connectivity index (χ1v) is 5.79. The maximum atomic E-state index is 9.16. The molecule has 0 aromatic heterocycles. The maximum absolute atomic E-state index is 9.16. The molecule has 0 radical (unpaired) electrons. The molecule has 2 aliphatic carbocycles. The van der Waals surface area contributed by atoms with E-state index in [-0.39, 0.29) is 5.92 Å². The third-order valence-corrected chi connectivity index (χ3v) is 4.24. The predicted molar refractivity (Wildman–Crippen MR) is 59.5 cm³/mol. The van der Waals surface area contributed by atoms with Crippen LogP contribution in [0.4, 0.5) is 0 Å². The summed E-state index contributed by atoms with van der Waals surface area (Å²) in [5.74, 6) is 1.63. The fraction of sp³-hybridized carbons (Fsp3) is 0.500. The van der Waals surface area contributed by atoms with Crippen LogP contribution in [0, 0.1) is 30.1 Å². The minimum Gasteiger partial charge on any atom is -0.198 e. The molecule has 1 unspecified atom stereocenters. The van der Waals surface area contributed by atoms with Gasteiger partial charge in [-0.15, -0.1) is 0 Å². The van der Waals surface area contributed by atoms with Gasteiger partial charge in [0, 0.05) is 0 Å². The summed E-state index contributed by atoms with van der Waals surface area (Å²) < 4.78 is 0. The van der Waals surface area contributed by atoms with Gasteiger partial charge in [-0.3, -0.25) is 0 Å². The van der Waals surface area contributed by atoms with Crippen molar-refractivity contribution in [2.45, 2.75) is 32.1 Å². The molecule has 76 valence electrons. The van der Waals surface area contributed by atoms with Crippen LogP contribution < -0.4 is 0 Å². The summed E-state index contributed by atoms with van der Waals surface area (Å²) in [4.78, 5) is 0. The van der Waals surface area contributed by atoms with Crippen LogP contribution in [-0.4, -0.2) is 0 Å². The summed E-state index contributed by atoms with van der Waals surface area (Å²) in [5.41, 5.74) is 4.43. The second kappa shape index (κ2) is 3.10. The molecular weight excluding hydrogens is 182 g/mol. The first-order chi connectivity index (χ1) is 7.31. The van der Waals surface area contributed by atoms with Crippen molar-refractivity contribution in [2.75, 3.05) is 0 Å². The van der Waals surface area contributed by atoms with Crippen molar-refractivity contribution in [1.29, 1.82) is 5.26 Å². The van der Waals surface area contributed by atoms with Crippen LogP contribution >= 0.6 is 0 Å². The highest BCUT2D eigenvalue weighted by Gasteiger charge is 2.43. The zero-order valence-electron chi connectivity index (χ0n) is 9.03. The van der Waals surface area contributed by atoms with E-state index in [1.807, 2.05) is 0 Å². The van der Waals surface area contributed by atoms with Crippen LogP contribution in [0.15, 0.2) is 18.2 Å². The second-order valence-electron chi connectivity index (χ2n) is 4.94. The summed E-state index contributed by atoms with van der Waals surface area (Å²) in [5, 5.41) is 9.16. The Labute approximate surface area is 90.7 Å². The number of rotatable bonds is 0. The molecule has 1 heteroatoms. The van der Waals surface area contributed by atoms with Crippen LogP contribution in [0.2, 0.25) is 0 Å². The predicted octanol–water partition coefficient (Wildman–Crippen LogP) is 3.18. The molecule has 15 heavy (non-hydrogen) atoms. The fourth-order valence-electron chi connectivity index (χ4n) is 3.35. The number of hydrogen-bond donors (Lipinski definition) is 0. The average Bonchev–Trinajstić information content (AvgIpc) is 2.19. The molecule has 1 aromatic rings. The molecule has 0 bridgehead atoms. The molecule has 1 fully saturated rings. The monoisotopic (exact) mass is 197 g/mol. The number of nitrogens with zero attached hydrogens (tertiary/aromatic N) is 1. The van der Waals surface area contributed by atoms with E-state index in [2.05, 4.69) is 31.2 Å². The van der Waals surface area contributed by atoms with Crippen molar-refractivity contribution < 1.29 is 0 Å². The molecule has 0 spiro atoms. The Hall–Kier alpha value is -1.29. The molecule has 0 N–H and O–H groups in total. The zero-order valence-corrected chi connectivity index (χ0v) is 9.03. The Balaban J connectivity index is 2.11. The Kier molecular flexibility index (Phi) is 1.85. The summed E-state index contributed by atoms with van der Waals surface area (Å²) >= 11 is 0. The second-order valence-corrected chi connectivity index (χ2v) is 4.94. The van der Waals surface area contributed by atoms with Crippen LogP contribution in [0.1, 0.15) is 35.4 Å². The van der Waals surface area contributed by atoms with Crippen molar-refractivity contribution in [3.05, 3.63) is 34.9 Å². The van der Waals surface area contributed by atoms with Crippen molar-refractivity contribution in [3.8, 4) is 6.07 Å². The van der Waals surface area contributed by atoms with Crippen LogP contribution in [0.5, 0.6) is 0 Å². The summed E-state index contributed by atoms with van der Waals surface area (Å²) in [6, 6.07) is 9.04. The van der Waals surface area contributed by atoms with E-state index in [1.165, 1.54) is 24.0 Å². The van der Waals surface area contributed by atoms with Gasteiger partial charge in [-0.2, -0.15) is 5.26 Å². The van der Waals surface area contributed by atoms with Crippen molar-refractivity contribution in [3.63, 3.8) is 0 Å². The summed E-state index contributed by atoms with van der Waals surface area (Å²) in [6.07, 6.45) is 3.53. The smallest absolute Gasteiger partial charge is 0.0662 e. The molecule has 0 aliphatic heterocycles. The van der Waals surface area contributed by atoms with E-state index < -0.39 is 0 Å². The molecule has 0 heterocycles. The lowest BCUT2D eigenvalue weighted by Crippen LogP contribution is -2.36. The fourth-order valence-corrected chi connectivity index (χ4v) is 3.35. The van der Waals surface area contributed by atoms with E-state index in [0.29, 0.717) is 11.8 Å². The third-order valence-electron chi connectivity index (χ3n) is 4.24. The standard InChI is InChI=1S/C14H15N/c1-9-3-2-4-10-7-11(8-15)12-5-6-13(12)14(9)10/h2-4,11-13H,5-7H2,1H3/t11?,12-,13-/m1/s1. The molecule has 3 rings (SSSR count). The topological polar surface area (TPSA) is 23.8 Å². The van der Waals surface area contributed by atoms with Crippen molar-refractivity contribution in [1.82, 2.24) is 0 Å². The Morgan fingerprint density at radius 1 is 1.33 bits per heavy atom. The van der Waals surface area contributed by atoms with Gasteiger partial charge in [0.15, 0.2) is 0 Å². The lowest BCUT2D eigenvalue weighted by Gasteiger charge is -2.45. The normalized spacial score (nSPS) is 32.1. The quantitative estimate of drug-likeness (QED) is 0.626. The van der Waals surface area contributed by atoms with Crippen LogP contribution in [0.3, 0.4) is 0 Å². The van der Waals surface area contributed by atoms with Crippen molar-refractivity contribution >= 4 is 0 Å². The maximum Gasteiger partial charge on any atom is 0.0662 e. The van der Waals surface area contributed by atoms with E-state index in [0.717, 1.165) is 6.42 Å². The highest BCUT2D eigenvalue weighted by molar-refractivity contribution is 5.42.